The van der Waals surface area contributed by atoms with Crippen LogP contribution in [-0.4, -0.2) is 67.3 Å². The van der Waals surface area contributed by atoms with Crippen molar-refractivity contribution in [2.24, 2.45) is 0 Å². The number of fused-ring (bicyclic) bond motifs is 1. The Balaban J connectivity index is 1.53. The summed E-state index contributed by atoms with van der Waals surface area (Å²) >= 11 is 0. The molecule has 1 N–H and O–H groups in total. The average Bonchev–Trinajstić information content (AvgIpc) is 2.74. The van der Waals surface area contributed by atoms with E-state index in [0.29, 0.717) is 6.54 Å². The van der Waals surface area contributed by atoms with Crippen LogP contribution in [0.15, 0.2) is 30.5 Å². The van der Waals surface area contributed by atoms with E-state index in [1.807, 2.05) is 31.2 Å². The molecule has 2 aromatic rings. The molecule has 1 aromatic heterocycles. The Kier molecular flexibility index (Phi) is 5.70. The van der Waals surface area contributed by atoms with Crippen LogP contribution < -0.4 is 10.2 Å². The number of pyridine rings is 1. The first-order chi connectivity index (χ1) is 14.0. The number of hydrogen-bond acceptors (Lipinski definition) is 5. The van der Waals surface area contributed by atoms with E-state index in [1.165, 1.54) is 0 Å². The van der Waals surface area contributed by atoms with Gasteiger partial charge in [-0.3, -0.25) is 9.78 Å². The predicted molar refractivity (Wildman–Crippen MR) is 115 cm³/mol. The van der Waals surface area contributed by atoms with Gasteiger partial charge >= 0.3 is 0 Å². The minimum atomic E-state index is -0.488. The van der Waals surface area contributed by atoms with Gasteiger partial charge in [0.25, 0.3) is 5.91 Å². The molecular weight excluding hydrogens is 364 g/mol. The van der Waals surface area contributed by atoms with Gasteiger partial charge in [-0.05, 0) is 64.2 Å². The molecule has 2 saturated heterocycles. The molecule has 2 atom stereocenters. The molecule has 2 aliphatic heterocycles. The smallest absolute Gasteiger partial charge is 0.251 e. The maximum atomic E-state index is 12.9. The monoisotopic (exact) mass is 392 g/mol. The third kappa shape index (κ3) is 4.21. The van der Waals surface area contributed by atoms with Crippen LogP contribution in [0.2, 0.25) is 0 Å². The van der Waals surface area contributed by atoms with Gasteiger partial charge in [0.15, 0.2) is 6.10 Å². The van der Waals surface area contributed by atoms with Crippen molar-refractivity contribution < 1.29 is 9.53 Å². The third-order valence-corrected chi connectivity index (χ3v) is 5.86. The van der Waals surface area contributed by atoms with Crippen LogP contribution in [0, 0.1) is 12.3 Å². The Morgan fingerprint density at radius 1 is 1.28 bits per heavy atom. The summed E-state index contributed by atoms with van der Waals surface area (Å²) in [5, 5.41) is 4.21. The fourth-order valence-electron chi connectivity index (χ4n) is 4.29. The summed E-state index contributed by atoms with van der Waals surface area (Å²) in [4.78, 5) is 21.9. The molecule has 2 fully saturated rings. The Hall–Kier alpha value is -2.62. The van der Waals surface area contributed by atoms with Gasteiger partial charge in [0.2, 0.25) is 0 Å². The first kappa shape index (κ1) is 19.7. The summed E-state index contributed by atoms with van der Waals surface area (Å²) in [5.74, 6) is 2.70. The largest absolute Gasteiger partial charge is 0.365 e. The number of nitrogens with one attached hydrogen (secondary N) is 1. The Morgan fingerprint density at radius 3 is 2.83 bits per heavy atom. The summed E-state index contributed by atoms with van der Waals surface area (Å²) in [6, 6.07) is 8.14. The maximum absolute atomic E-state index is 12.9. The topological polar surface area (TPSA) is 57.7 Å². The molecule has 0 unspecified atom stereocenters. The molecule has 152 valence electrons. The van der Waals surface area contributed by atoms with Gasteiger partial charge in [0.05, 0.1) is 23.7 Å². The number of rotatable bonds is 3. The van der Waals surface area contributed by atoms with E-state index < -0.39 is 6.10 Å². The molecule has 6 heteroatoms. The highest BCUT2D eigenvalue weighted by molar-refractivity contribution is 5.95. The normalized spacial score (nSPS) is 23.7. The van der Waals surface area contributed by atoms with E-state index in [9.17, 15) is 4.79 Å². The molecule has 0 radical (unpaired) electrons. The van der Waals surface area contributed by atoms with Crippen LogP contribution in [0.3, 0.4) is 0 Å². The van der Waals surface area contributed by atoms with E-state index in [0.717, 1.165) is 54.6 Å². The highest BCUT2D eigenvalue weighted by Gasteiger charge is 2.32. The molecule has 1 amide bonds. The number of carbonyl (C=O) groups is 1. The van der Waals surface area contributed by atoms with Gasteiger partial charge in [0.1, 0.15) is 0 Å². The molecule has 3 heterocycles. The van der Waals surface area contributed by atoms with Crippen molar-refractivity contribution in [1.29, 1.82) is 0 Å². The van der Waals surface area contributed by atoms with Crippen molar-refractivity contribution in [2.75, 3.05) is 38.1 Å². The predicted octanol–water partition coefficient (Wildman–Crippen LogP) is 2.02. The summed E-state index contributed by atoms with van der Waals surface area (Å²) in [6.07, 6.45) is 8.84. The van der Waals surface area contributed by atoms with Crippen LogP contribution in [0.1, 0.15) is 25.3 Å². The van der Waals surface area contributed by atoms with E-state index in [2.05, 4.69) is 33.1 Å². The first-order valence-corrected chi connectivity index (χ1v) is 10.3. The Labute approximate surface area is 172 Å². The zero-order chi connectivity index (χ0) is 20.4. The highest BCUT2D eigenvalue weighted by atomic mass is 16.5. The second kappa shape index (κ2) is 8.40. The molecule has 0 bridgehead atoms. The number of terminal acetylenes is 1. The lowest BCUT2D eigenvalue weighted by Crippen LogP contribution is -2.55. The number of piperidine rings is 1. The van der Waals surface area contributed by atoms with Crippen LogP contribution in [-0.2, 0) is 9.53 Å². The fraction of sp³-hybridized carbons (Fsp3) is 0.478. The minimum absolute atomic E-state index is 0.0150. The lowest BCUT2D eigenvalue weighted by molar-refractivity contribution is -0.138. The first-order valence-electron chi connectivity index (χ1n) is 10.3. The number of nitrogens with zero attached hydrogens (tertiary/aromatic N) is 3. The van der Waals surface area contributed by atoms with Gasteiger partial charge < -0.3 is 19.9 Å². The van der Waals surface area contributed by atoms with E-state index in [4.69, 9.17) is 11.2 Å². The highest BCUT2D eigenvalue weighted by Crippen LogP contribution is 2.30. The number of hydrogen-bond donors (Lipinski definition) is 1. The van der Waals surface area contributed by atoms with Crippen molar-refractivity contribution in [3.05, 3.63) is 36.0 Å². The van der Waals surface area contributed by atoms with Crippen LogP contribution in [0.25, 0.3) is 10.9 Å². The lowest BCUT2D eigenvalue weighted by atomic mass is 10.0. The van der Waals surface area contributed by atoms with E-state index >= 15 is 0 Å². The van der Waals surface area contributed by atoms with Gasteiger partial charge in [0, 0.05) is 29.9 Å². The molecular formula is C23H28N4O2. The number of aromatic nitrogens is 1. The zero-order valence-electron chi connectivity index (χ0n) is 17.1. The number of ether oxygens (including phenoxy) is 1. The number of amides is 1. The quantitative estimate of drug-likeness (QED) is 0.810. The van der Waals surface area contributed by atoms with Gasteiger partial charge in [-0.15, -0.1) is 6.42 Å². The SMILES string of the molecule is C#Cc1ccc(N2C[C@@H](C)O[C@@H](C(=O)NC3CCN(C)CC3)C2)c2cccnc12. The second-order valence-corrected chi connectivity index (χ2v) is 8.10. The molecule has 1 aromatic carbocycles. The number of benzene rings is 1. The van der Waals surface area contributed by atoms with Gasteiger partial charge in [-0.2, -0.15) is 0 Å². The molecule has 29 heavy (non-hydrogen) atoms. The van der Waals surface area contributed by atoms with Crippen molar-refractivity contribution >= 4 is 22.5 Å². The van der Waals surface area contributed by atoms with Crippen molar-refractivity contribution in [3.8, 4) is 12.3 Å². The lowest BCUT2D eigenvalue weighted by Gasteiger charge is -2.39. The van der Waals surface area contributed by atoms with Crippen molar-refractivity contribution in [3.63, 3.8) is 0 Å². The number of carbonyl (C=O) groups excluding carboxylic acids is 1. The molecule has 0 spiro atoms. The second-order valence-electron chi connectivity index (χ2n) is 8.10. The molecule has 6 nitrogen and oxygen atoms in total. The average molecular weight is 393 g/mol. The summed E-state index contributed by atoms with van der Waals surface area (Å²) in [6.45, 7) is 5.27. The molecule has 0 saturated carbocycles. The number of likely N-dealkylation sites (tertiary alicyclic amines) is 1. The van der Waals surface area contributed by atoms with E-state index in [-0.39, 0.29) is 18.1 Å². The van der Waals surface area contributed by atoms with Gasteiger partial charge in [-0.1, -0.05) is 5.92 Å². The maximum Gasteiger partial charge on any atom is 0.251 e. The fourth-order valence-corrected chi connectivity index (χ4v) is 4.29. The zero-order valence-corrected chi connectivity index (χ0v) is 17.1. The van der Waals surface area contributed by atoms with E-state index in [1.54, 1.807) is 6.20 Å². The van der Waals surface area contributed by atoms with Crippen LogP contribution in [0.4, 0.5) is 5.69 Å². The summed E-state index contributed by atoms with van der Waals surface area (Å²) in [5.41, 5.74) is 2.64. The van der Waals surface area contributed by atoms with Gasteiger partial charge in [-0.25, -0.2) is 0 Å². The minimum Gasteiger partial charge on any atom is -0.365 e. The third-order valence-electron chi connectivity index (χ3n) is 5.86. The van der Waals surface area contributed by atoms with Crippen LogP contribution >= 0.6 is 0 Å². The number of morpholine rings is 1. The molecule has 4 rings (SSSR count). The summed E-state index contributed by atoms with van der Waals surface area (Å²) < 4.78 is 6.01. The molecule has 0 aliphatic carbocycles. The Bertz CT molecular complexity index is 930. The molecule has 2 aliphatic rings. The Morgan fingerprint density at radius 2 is 2.07 bits per heavy atom. The van der Waals surface area contributed by atoms with Crippen LogP contribution in [0.5, 0.6) is 0 Å². The number of anilines is 1. The standard InChI is InChI=1S/C23H28N4O2/c1-4-17-7-8-20(19-6-5-11-24-22(17)19)27-14-16(2)29-21(15-27)23(28)25-18-9-12-26(3)13-10-18/h1,5-8,11,16,18,21H,9-10,12-15H2,2-3H3,(H,25,28)/t16-,21-/m1/s1. The summed E-state index contributed by atoms with van der Waals surface area (Å²) in [7, 11) is 2.12. The van der Waals surface area contributed by atoms with Crippen molar-refractivity contribution in [1.82, 2.24) is 15.2 Å². The van der Waals surface area contributed by atoms with Crippen molar-refractivity contribution in [2.45, 2.75) is 38.0 Å².